The Hall–Kier alpha value is -3.21. The Morgan fingerprint density at radius 1 is 0.917 bits per heavy atom. The molecule has 0 saturated carbocycles. The average Bonchev–Trinajstić information content (AvgIpc) is 2.63. The minimum Gasteiger partial charge on any atom is -0.365 e. The van der Waals surface area contributed by atoms with Gasteiger partial charge in [-0.1, -0.05) is 48.0 Å². The van der Waals surface area contributed by atoms with E-state index >= 15 is 0 Å². The molecule has 2 aromatic carbocycles. The monoisotopic (exact) mass is 318 g/mol. The van der Waals surface area contributed by atoms with Gasteiger partial charge in [-0.25, -0.2) is 0 Å². The molecule has 0 aliphatic heterocycles. The second kappa shape index (κ2) is 7.37. The number of nitrogens with one attached hydrogen (secondary N) is 2. The van der Waals surface area contributed by atoms with Crippen LogP contribution in [0.1, 0.15) is 21.6 Å². The third kappa shape index (κ3) is 4.16. The maximum atomic E-state index is 12.2. The summed E-state index contributed by atoms with van der Waals surface area (Å²) in [4.78, 5) is 12.2. The molecule has 24 heavy (non-hydrogen) atoms. The highest BCUT2D eigenvalue weighted by molar-refractivity contribution is 6.02. The van der Waals surface area contributed by atoms with Crippen LogP contribution in [0.15, 0.2) is 66.7 Å². The van der Waals surface area contributed by atoms with E-state index in [2.05, 4.69) is 20.8 Å². The van der Waals surface area contributed by atoms with Crippen LogP contribution in [-0.4, -0.2) is 16.1 Å². The molecule has 0 saturated heterocycles. The topological polar surface area (TPSA) is 66.9 Å². The van der Waals surface area contributed by atoms with Gasteiger partial charge in [0.1, 0.15) is 5.82 Å². The lowest BCUT2D eigenvalue weighted by molar-refractivity contribution is 0.102. The third-order valence-corrected chi connectivity index (χ3v) is 3.52. The van der Waals surface area contributed by atoms with E-state index in [1.165, 1.54) is 0 Å². The number of carbonyl (C=O) groups is 1. The first-order valence-electron chi connectivity index (χ1n) is 7.70. The Kier molecular flexibility index (Phi) is 4.81. The maximum Gasteiger partial charge on any atom is 0.276 e. The number of rotatable bonds is 5. The lowest BCUT2D eigenvalue weighted by atomic mass is 10.2. The standard InChI is InChI=1S/C19H18N4O/c1-14-7-9-16(10-8-14)21-19(24)17-11-12-18(23-22-17)20-13-15-5-3-2-4-6-15/h2-12H,13H2,1H3,(H,20,23)(H,21,24). The van der Waals surface area contributed by atoms with E-state index in [1.807, 2.05) is 61.5 Å². The van der Waals surface area contributed by atoms with Gasteiger partial charge in [0.2, 0.25) is 0 Å². The van der Waals surface area contributed by atoms with Gasteiger partial charge < -0.3 is 10.6 Å². The van der Waals surface area contributed by atoms with E-state index in [9.17, 15) is 4.79 Å². The average molecular weight is 318 g/mol. The highest BCUT2D eigenvalue weighted by atomic mass is 16.1. The number of carbonyl (C=O) groups excluding carboxylic acids is 1. The number of anilines is 2. The van der Waals surface area contributed by atoms with Crippen molar-refractivity contribution in [1.29, 1.82) is 0 Å². The second-order valence-electron chi connectivity index (χ2n) is 5.46. The molecule has 0 radical (unpaired) electrons. The lowest BCUT2D eigenvalue weighted by Gasteiger charge is -2.07. The van der Waals surface area contributed by atoms with Gasteiger partial charge in [0.05, 0.1) is 0 Å². The van der Waals surface area contributed by atoms with Crippen molar-refractivity contribution < 1.29 is 4.79 Å². The van der Waals surface area contributed by atoms with Crippen molar-refractivity contribution in [3.05, 3.63) is 83.6 Å². The van der Waals surface area contributed by atoms with Crippen molar-refractivity contribution in [2.75, 3.05) is 10.6 Å². The van der Waals surface area contributed by atoms with Gasteiger partial charge in [0.25, 0.3) is 5.91 Å². The Labute approximate surface area is 140 Å². The second-order valence-corrected chi connectivity index (χ2v) is 5.46. The fourth-order valence-electron chi connectivity index (χ4n) is 2.17. The van der Waals surface area contributed by atoms with Gasteiger partial charge >= 0.3 is 0 Å². The molecule has 3 aromatic rings. The molecule has 1 amide bonds. The van der Waals surface area contributed by atoms with Crippen molar-refractivity contribution in [1.82, 2.24) is 10.2 Å². The normalized spacial score (nSPS) is 10.2. The van der Waals surface area contributed by atoms with Crippen molar-refractivity contribution >= 4 is 17.4 Å². The molecule has 0 fully saturated rings. The molecule has 120 valence electrons. The minimum absolute atomic E-state index is 0.277. The van der Waals surface area contributed by atoms with Gasteiger partial charge in [-0.2, -0.15) is 0 Å². The molecule has 3 rings (SSSR count). The number of amides is 1. The van der Waals surface area contributed by atoms with Crippen molar-refractivity contribution in [3.8, 4) is 0 Å². The molecule has 0 aliphatic rings. The zero-order valence-corrected chi connectivity index (χ0v) is 13.4. The largest absolute Gasteiger partial charge is 0.365 e. The van der Waals surface area contributed by atoms with Gasteiger partial charge in [0.15, 0.2) is 5.69 Å². The molecule has 0 atom stereocenters. The number of aryl methyl sites for hydroxylation is 1. The van der Waals surface area contributed by atoms with E-state index in [0.29, 0.717) is 12.4 Å². The summed E-state index contributed by atoms with van der Waals surface area (Å²) in [7, 11) is 0. The van der Waals surface area contributed by atoms with Crippen LogP contribution in [0, 0.1) is 6.92 Å². The first-order chi connectivity index (χ1) is 11.7. The Bertz CT molecular complexity index is 799. The van der Waals surface area contributed by atoms with Crippen LogP contribution in [0.25, 0.3) is 0 Å². The molecule has 0 spiro atoms. The number of hydrogen-bond donors (Lipinski definition) is 2. The fourth-order valence-corrected chi connectivity index (χ4v) is 2.17. The molecule has 5 heteroatoms. The van der Waals surface area contributed by atoms with Gasteiger partial charge in [-0.15, -0.1) is 10.2 Å². The molecule has 0 bridgehead atoms. The van der Waals surface area contributed by atoms with Crippen molar-refractivity contribution in [3.63, 3.8) is 0 Å². The summed E-state index contributed by atoms with van der Waals surface area (Å²) >= 11 is 0. The summed E-state index contributed by atoms with van der Waals surface area (Å²) in [5.41, 5.74) is 3.31. The van der Waals surface area contributed by atoms with Crippen LogP contribution in [-0.2, 0) is 6.54 Å². The summed E-state index contributed by atoms with van der Waals surface area (Å²) < 4.78 is 0. The summed E-state index contributed by atoms with van der Waals surface area (Å²) in [6.07, 6.45) is 0. The molecule has 2 N–H and O–H groups in total. The quantitative estimate of drug-likeness (QED) is 0.753. The molecular weight excluding hydrogens is 300 g/mol. The Balaban J connectivity index is 1.59. The number of nitrogens with zero attached hydrogens (tertiary/aromatic N) is 2. The van der Waals surface area contributed by atoms with E-state index < -0.39 is 0 Å². The Morgan fingerprint density at radius 3 is 2.33 bits per heavy atom. The molecular formula is C19H18N4O. The molecule has 0 aliphatic carbocycles. The van der Waals surface area contributed by atoms with Gasteiger partial charge in [-0.05, 0) is 36.8 Å². The van der Waals surface area contributed by atoms with Crippen LogP contribution in [0.2, 0.25) is 0 Å². The molecule has 1 heterocycles. The number of aromatic nitrogens is 2. The summed E-state index contributed by atoms with van der Waals surface area (Å²) in [5.74, 6) is 0.353. The number of benzene rings is 2. The maximum absolute atomic E-state index is 12.2. The SMILES string of the molecule is Cc1ccc(NC(=O)c2ccc(NCc3ccccc3)nn2)cc1. The smallest absolute Gasteiger partial charge is 0.276 e. The molecule has 5 nitrogen and oxygen atoms in total. The van der Waals surface area contributed by atoms with Crippen LogP contribution in [0.5, 0.6) is 0 Å². The van der Waals surface area contributed by atoms with E-state index in [-0.39, 0.29) is 11.6 Å². The first kappa shape index (κ1) is 15.7. The molecule has 1 aromatic heterocycles. The van der Waals surface area contributed by atoms with Gasteiger partial charge in [0, 0.05) is 12.2 Å². The van der Waals surface area contributed by atoms with E-state index in [0.717, 1.165) is 16.8 Å². The zero-order valence-electron chi connectivity index (χ0n) is 13.4. The van der Waals surface area contributed by atoms with Crippen molar-refractivity contribution in [2.45, 2.75) is 13.5 Å². The van der Waals surface area contributed by atoms with Crippen LogP contribution in [0.4, 0.5) is 11.5 Å². The van der Waals surface area contributed by atoms with Crippen molar-refractivity contribution in [2.24, 2.45) is 0 Å². The predicted molar refractivity (Wildman–Crippen MR) is 94.9 cm³/mol. The summed E-state index contributed by atoms with van der Waals surface area (Å²) in [6.45, 7) is 2.66. The first-order valence-corrected chi connectivity index (χ1v) is 7.70. The lowest BCUT2D eigenvalue weighted by Crippen LogP contribution is -2.14. The summed E-state index contributed by atoms with van der Waals surface area (Å²) in [6, 6.07) is 21.0. The zero-order chi connectivity index (χ0) is 16.8. The predicted octanol–water partition coefficient (Wildman–Crippen LogP) is 3.65. The Morgan fingerprint density at radius 2 is 1.67 bits per heavy atom. The van der Waals surface area contributed by atoms with Crippen LogP contribution >= 0.6 is 0 Å². The van der Waals surface area contributed by atoms with E-state index in [1.54, 1.807) is 12.1 Å². The molecule has 0 unspecified atom stereocenters. The number of hydrogen-bond acceptors (Lipinski definition) is 4. The highest BCUT2D eigenvalue weighted by Gasteiger charge is 2.08. The fraction of sp³-hybridized carbons (Fsp3) is 0.105. The highest BCUT2D eigenvalue weighted by Crippen LogP contribution is 2.11. The van der Waals surface area contributed by atoms with E-state index in [4.69, 9.17) is 0 Å². The minimum atomic E-state index is -0.277. The van der Waals surface area contributed by atoms with Crippen LogP contribution in [0.3, 0.4) is 0 Å². The van der Waals surface area contributed by atoms with Gasteiger partial charge in [-0.3, -0.25) is 4.79 Å². The van der Waals surface area contributed by atoms with Crippen LogP contribution < -0.4 is 10.6 Å². The summed E-state index contributed by atoms with van der Waals surface area (Å²) in [5, 5.41) is 14.0. The third-order valence-electron chi connectivity index (χ3n) is 3.52.